The molecule has 2 saturated heterocycles. The summed E-state index contributed by atoms with van der Waals surface area (Å²) in [7, 11) is -7.42. The first-order valence-electron chi connectivity index (χ1n) is 28.2. The van der Waals surface area contributed by atoms with Crippen molar-refractivity contribution in [3.8, 4) is 20.9 Å². The van der Waals surface area contributed by atoms with Crippen LogP contribution in [0.25, 0.3) is 20.9 Å². The first kappa shape index (κ1) is 61.7. The van der Waals surface area contributed by atoms with Crippen LogP contribution in [0.5, 0.6) is 0 Å². The van der Waals surface area contributed by atoms with Crippen LogP contribution in [0.2, 0.25) is 0 Å². The maximum Gasteiger partial charge on any atom is 0.407 e. The van der Waals surface area contributed by atoms with Gasteiger partial charge in [0.15, 0.2) is 0 Å². The molecule has 23 heteroatoms. The summed E-state index contributed by atoms with van der Waals surface area (Å²) >= 11 is 3.09. The van der Waals surface area contributed by atoms with Crippen molar-refractivity contribution in [1.82, 2.24) is 39.8 Å². The normalized spacial score (nSPS) is 20.3. The molecule has 0 unspecified atom stereocenters. The maximum absolute atomic E-state index is 13.2. The van der Waals surface area contributed by atoms with E-state index < -0.39 is 20.0 Å². The van der Waals surface area contributed by atoms with Crippen molar-refractivity contribution in [2.45, 2.75) is 179 Å². The number of amides is 3. The monoisotopic (exact) mass is 1170 g/mol. The predicted molar refractivity (Wildman–Crippen MR) is 314 cm³/mol. The fraction of sp³-hybridized carbons (Fsp3) is 0.625. The molecule has 6 N–H and O–H groups in total. The van der Waals surface area contributed by atoms with Crippen molar-refractivity contribution in [2.75, 3.05) is 56.4 Å². The highest BCUT2D eigenvalue weighted by Gasteiger charge is 2.34. The second kappa shape index (κ2) is 27.7. The quantitative estimate of drug-likeness (QED) is 0.0455. The zero-order chi connectivity index (χ0) is 57.2. The number of likely N-dealkylation sites (tertiary alicyclic amines) is 2. The largest absolute Gasteiger partial charge is 0.447 e. The van der Waals surface area contributed by atoms with E-state index >= 15 is 0 Å². The fourth-order valence-corrected chi connectivity index (χ4v) is 15.5. The van der Waals surface area contributed by atoms with Crippen LogP contribution in [0, 0.1) is 11.8 Å². The summed E-state index contributed by atoms with van der Waals surface area (Å²) in [4.78, 5) is 51.8. The van der Waals surface area contributed by atoms with E-state index in [-0.39, 0.29) is 76.6 Å². The lowest BCUT2D eigenvalue weighted by Gasteiger charge is -2.41. The van der Waals surface area contributed by atoms with Gasteiger partial charge < -0.3 is 35.6 Å². The zero-order valence-electron chi connectivity index (χ0n) is 47.6. The fourth-order valence-electron chi connectivity index (χ4n) is 10.5. The molecule has 0 atom stereocenters. The number of nitrogens with one attached hydrogen (secondary N) is 6. The molecule has 79 heavy (non-hydrogen) atoms. The average Bonchev–Trinajstić information content (AvgIpc) is 4.10. The van der Waals surface area contributed by atoms with Crippen molar-refractivity contribution >= 4 is 72.2 Å². The van der Waals surface area contributed by atoms with Crippen LogP contribution in [0.15, 0.2) is 58.6 Å². The van der Waals surface area contributed by atoms with Gasteiger partial charge in [-0.3, -0.25) is 9.69 Å². The number of hydrogen-bond acceptors (Lipinski definition) is 16. The Morgan fingerprint density at radius 2 is 1.00 bits per heavy atom. The Hall–Kier alpha value is -4.91. The lowest BCUT2D eigenvalue weighted by molar-refractivity contribution is -0.138. The molecule has 3 amide bonds. The molecular weight excluding hydrogens is 1080 g/mol. The van der Waals surface area contributed by atoms with Gasteiger partial charge >= 0.3 is 12.2 Å². The molecule has 4 fully saturated rings. The third-order valence-corrected chi connectivity index (χ3v) is 19.8. The first-order chi connectivity index (χ1) is 37.5. The second-order valence-electron chi connectivity index (χ2n) is 22.5. The van der Waals surface area contributed by atoms with Crippen LogP contribution >= 0.6 is 22.7 Å². The van der Waals surface area contributed by atoms with Crippen molar-refractivity contribution in [1.29, 1.82) is 0 Å². The maximum atomic E-state index is 13.2. The third kappa shape index (κ3) is 17.1. The number of sulfonamides is 2. The number of thiazole rings is 2. The van der Waals surface area contributed by atoms with Gasteiger partial charge in [-0.1, -0.05) is 53.7 Å². The van der Waals surface area contributed by atoms with E-state index in [1.54, 1.807) is 49.7 Å². The van der Waals surface area contributed by atoms with Crippen LogP contribution in [-0.4, -0.2) is 137 Å². The van der Waals surface area contributed by atoms with Crippen LogP contribution in [0.3, 0.4) is 0 Å². The van der Waals surface area contributed by atoms with Gasteiger partial charge in [-0.05, 0) is 109 Å². The van der Waals surface area contributed by atoms with Crippen LogP contribution in [0.4, 0.5) is 21.0 Å². The summed E-state index contributed by atoms with van der Waals surface area (Å²) in [5.74, 6) is 1.28. The van der Waals surface area contributed by atoms with E-state index in [4.69, 9.17) is 14.5 Å². The molecule has 2 saturated carbocycles. The molecular formula is C56H84N10O9S4. The van der Waals surface area contributed by atoms with Crippen molar-refractivity contribution in [2.24, 2.45) is 11.8 Å². The van der Waals surface area contributed by atoms with Crippen molar-refractivity contribution in [3.63, 3.8) is 0 Å². The molecule has 0 radical (unpaired) electrons. The van der Waals surface area contributed by atoms with Crippen molar-refractivity contribution in [3.05, 3.63) is 58.8 Å². The smallest absolute Gasteiger partial charge is 0.407 e. The third-order valence-electron chi connectivity index (χ3n) is 14.3. The number of carbonyl (C=O) groups excluding carboxylic acids is 3. The van der Waals surface area contributed by atoms with Gasteiger partial charge in [-0.15, -0.1) is 22.7 Å². The highest BCUT2D eigenvalue weighted by atomic mass is 32.2. The van der Waals surface area contributed by atoms with E-state index in [2.05, 4.69) is 54.4 Å². The lowest BCUT2D eigenvalue weighted by Crippen LogP contribution is -2.57. The Bertz CT molecular complexity index is 2900. The minimum Gasteiger partial charge on any atom is -0.447 e. The van der Waals surface area contributed by atoms with E-state index in [9.17, 15) is 31.2 Å². The molecule has 4 aliphatic rings. The van der Waals surface area contributed by atoms with Gasteiger partial charge in [0, 0.05) is 111 Å². The second-order valence-corrected chi connectivity index (χ2v) is 28.1. The summed E-state index contributed by atoms with van der Waals surface area (Å²) in [6.45, 7) is 23.9. The van der Waals surface area contributed by atoms with E-state index in [1.165, 1.54) is 11.3 Å². The standard InChI is InChI=1S/C28H41N5O5S2.C28H43N5O4S2/c1-6-30-40(36,37)25-13-21(31-22-15-33(16-22)27(34)17(2)3)11-12-23(25)24-14-29-26(39-24)19-7-9-20(10-8-19)32-28(35)38-18(4)5;1-6-30-39(35,36)26-13-22(31-23-16-33(17-23)15-18(2)3)11-12-24(26)25-14-29-27(38-25)20-7-9-21(10-8-20)32-28(34)37-19(4)5/h11-14,17-20,22,30-31H,6-10,15-16H2,1-5H3,(H,32,35);11-14,18-21,23,30-31H,6-10,15-17H2,1-5H3,(H,32,34). The van der Waals surface area contributed by atoms with E-state index in [0.29, 0.717) is 54.3 Å². The predicted octanol–water partition coefficient (Wildman–Crippen LogP) is 9.57. The van der Waals surface area contributed by atoms with E-state index in [0.717, 1.165) is 96.5 Å². The van der Waals surface area contributed by atoms with Gasteiger partial charge in [-0.25, -0.2) is 45.8 Å². The summed E-state index contributed by atoms with van der Waals surface area (Å²) in [6.07, 6.45) is 9.57. The molecule has 2 aliphatic carbocycles. The molecule has 0 bridgehead atoms. The summed E-state index contributed by atoms with van der Waals surface area (Å²) in [5, 5.41) is 14.8. The van der Waals surface area contributed by atoms with Crippen LogP contribution in [0.1, 0.15) is 142 Å². The number of hydrogen-bond donors (Lipinski definition) is 6. The van der Waals surface area contributed by atoms with Gasteiger partial charge in [0.2, 0.25) is 26.0 Å². The van der Waals surface area contributed by atoms with Gasteiger partial charge in [0.25, 0.3) is 0 Å². The molecule has 2 aromatic carbocycles. The number of nitrogens with zero attached hydrogens (tertiary/aromatic N) is 4. The summed E-state index contributed by atoms with van der Waals surface area (Å²) in [6, 6.07) is 11.6. The zero-order valence-corrected chi connectivity index (χ0v) is 50.9. The minimum atomic E-state index is -3.74. The Morgan fingerprint density at radius 3 is 1.37 bits per heavy atom. The summed E-state index contributed by atoms with van der Waals surface area (Å²) in [5.41, 5.74) is 2.81. The number of alkyl carbamates (subject to hydrolysis) is 2. The number of benzene rings is 2. The average molecular weight is 1170 g/mol. The molecule has 436 valence electrons. The molecule has 4 heterocycles. The van der Waals surface area contributed by atoms with E-state index in [1.807, 2.05) is 70.7 Å². The number of ether oxygens (including phenoxy) is 2. The highest BCUT2D eigenvalue weighted by molar-refractivity contribution is 7.90. The van der Waals surface area contributed by atoms with Gasteiger partial charge in [0.05, 0.1) is 53.9 Å². The molecule has 2 aliphatic heterocycles. The Morgan fingerprint density at radius 1 is 0.595 bits per heavy atom. The molecule has 19 nitrogen and oxygen atoms in total. The number of rotatable bonds is 21. The van der Waals surface area contributed by atoms with Gasteiger partial charge in [-0.2, -0.15) is 0 Å². The molecule has 4 aromatic rings. The number of aromatic nitrogens is 2. The number of anilines is 2. The lowest BCUT2D eigenvalue weighted by atomic mass is 9.86. The number of carbonyl (C=O) groups is 3. The highest BCUT2D eigenvalue weighted by Crippen LogP contribution is 2.42. The SMILES string of the molecule is CCNS(=O)(=O)c1cc(NC2CN(C(=O)C(C)C)C2)ccc1-c1cnc(C2CCC(NC(=O)OC(C)C)CC2)s1.CCNS(=O)(=O)c1cc(NC2CN(CC(C)C)C2)ccc1-c1cnc(C2CCC(NC(=O)OC(C)C)CC2)s1. The van der Waals surface area contributed by atoms with Crippen LogP contribution < -0.4 is 30.7 Å². The minimum absolute atomic E-state index is 0.0402. The topological polar surface area (TPSA) is 242 Å². The van der Waals surface area contributed by atoms with Gasteiger partial charge in [0.1, 0.15) is 0 Å². The first-order valence-corrected chi connectivity index (χ1v) is 32.8. The van der Waals surface area contributed by atoms with Crippen molar-refractivity contribution < 1.29 is 40.7 Å². The molecule has 0 spiro atoms. The Balaban J connectivity index is 0.000000229. The summed E-state index contributed by atoms with van der Waals surface area (Å²) < 4.78 is 68.5. The molecule has 8 rings (SSSR count). The Labute approximate surface area is 476 Å². The van der Waals surface area contributed by atoms with Crippen LogP contribution in [-0.2, 0) is 34.3 Å². The Kier molecular flexibility index (Phi) is 21.6. The molecule has 2 aromatic heterocycles.